The van der Waals surface area contributed by atoms with Crippen molar-refractivity contribution in [2.45, 2.75) is 60.8 Å². The van der Waals surface area contributed by atoms with Gasteiger partial charge in [-0.2, -0.15) is 0 Å². The van der Waals surface area contributed by atoms with Crippen molar-refractivity contribution in [3.05, 3.63) is 0 Å². The van der Waals surface area contributed by atoms with Crippen LogP contribution in [0.5, 0.6) is 0 Å². The van der Waals surface area contributed by atoms with E-state index in [1.54, 1.807) is 0 Å². The fraction of sp³-hybridized carbons (Fsp3) is 0.600. The van der Waals surface area contributed by atoms with E-state index >= 15 is 0 Å². The summed E-state index contributed by atoms with van der Waals surface area (Å²) in [5.41, 5.74) is 0. The molecule has 0 unspecified atom stereocenters. The molecule has 0 aromatic heterocycles. The molecule has 0 spiro atoms. The molecule has 0 atom stereocenters. The minimum atomic E-state index is -0.0625. The van der Waals surface area contributed by atoms with Gasteiger partial charge in [-0.3, -0.25) is 28.8 Å². The van der Waals surface area contributed by atoms with Crippen LogP contribution in [0.15, 0.2) is 0 Å². The molecule has 0 radical (unpaired) electrons. The third-order valence-corrected chi connectivity index (χ3v) is 1.49. The van der Waals surface area contributed by atoms with Crippen LogP contribution in [0.1, 0.15) is 60.8 Å². The Morgan fingerprint density at radius 1 is 0.409 bits per heavy atom. The molecule has 0 saturated carbocycles. The number of rotatable bonds is 6. The molecule has 124 valence electrons. The fourth-order valence-corrected chi connectivity index (χ4v) is 1.05. The zero-order chi connectivity index (χ0) is 17.6. The second-order valence-corrected chi connectivity index (χ2v) is 4.74. The molecule has 0 bridgehead atoms. The van der Waals surface area contributed by atoms with Crippen molar-refractivity contribution in [3.63, 3.8) is 0 Å². The zero-order valence-electron chi connectivity index (χ0n) is 14.1. The Bertz CT molecular complexity index is 314. The summed E-state index contributed by atoms with van der Waals surface area (Å²) in [6.45, 7) is 8.42. The topological polar surface area (TPSA) is 102 Å². The Labute approximate surface area is 146 Å². The number of hydrogen-bond donors (Lipinski definition) is 0. The normalized spacial score (nSPS) is 7.91. The molecule has 0 aliphatic rings. The summed E-state index contributed by atoms with van der Waals surface area (Å²) in [6, 6.07) is 0. The molecule has 0 aromatic rings. The van der Waals surface area contributed by atoms with Crippen molar-refractivity contribution < 1.29 is 50.5 Å². The first-order valence-electron chi connectivity index (χ1n) is 6.35. The van der Waals surface area contributed by atoms with Crippen LogP contribution in [-0.2, 0) is 50.5 Å². The van der Waals surface area contributed by atoms with Crippen LogP contribution in [0.3, 0.4) is 0 Å². The van der Waals surface area contributed by atoms with Crippen LogP contribution in [0.2, 0.25) is 0 Å². The predicted molar refractivity (Wildman–Crippen MR) is 77.9 cm³/mol. The molecule has 0 aromatic carbocycles. The van der Waals surface area contributed by atoms with E-state index in [0.717, 1.165) is 0 Å². The maximum atomic E-state index is 10.0. The second kappa shape index (κ2) is 17.8. The van der Waals surface area contributed by atoms with Gasteiger partial charge in [0.2, 0.25) is 0 Å². The fourth-order valence-electron chi connectivity index (χ4n) is 1.05. The molecule has 22 heavy (non-hydrogen) atoms. The Kier molecular flexibility index (Phi) is 23.3. The molecular weight excluding hydrogens is 324 g/mol. The van der Waals surface area contributed by atoms with Gasteiger partial charge in [0.25, 0.3) is 0 Å². The van der Waals surface area contributed by atoms with Crippen LogP contribution >= 0.6 is 0 Å². The van der Waals surface area contributed by atoms with Crippen LogP contribution in [-0.4, -0.2) is 34.7 Å². The van der Waals surface area contributed by atoms with E-state index < -0.39 is 0 Å². The predicted octanol–water partition coefficient (Wildman–Crippen LogP) is 1.66. The van der Waals surface area contributed by atoms with Crippen LogP contribution in [0.25, 0.3) is 0 Å². The summed E-state index contributed by atoms with van der Waals surface area (Å²) in [4.78, 5) is 60.2. The number of carbonyl (C=O) groups excluding carboxylic acids is 6. The molecule has 0 rings (SSSR count). The maximum Gasteiger partial charge on any atom is 0.137 e. The Morgan fingerprint density at radius 2 is 0.500 bits per heavy atom. The zero-order valence-corrected chi connectivity index (χ0v) is 15.6. The van der Waals surface area contributed by atoms with Crippen molar-refractivity contribution in [1.29, 1.82) is 0 Å². The molecular formula is C15H24O6Ti. The molecule has 0 amide bonds. The van der Waals surface area contributed by atoms with E-state index in [1.165, 1.54) is 41.5 Å². The summed E-state index contributed by atoms with van der Waals surface area (Å²) in [7, 11) is 0. The minimum absolute atomic E-state index is 0. The Morgan fingerprint density at radius 3 is 0.500 bits per heavy atom. The number of hydrogen-bond acceptors (Lipinski definition) is 6. The van der Waals surface area contributed by atoms with Crippen molar-refractivity contribution in [3.8, 4) is 0 Å². The Hall–Kier alpha value is -1.27. The van der Waals surface area contributed by atoms with Gasteiger partial charge in [-0.25, -0.2) is 0 Å². The van der Waals surface area contributed by atoms with E-state index in [0.29, 0.717) is 0 Å². The van der Waals surface area contributed by atoms with Gasteiger partial charge in [0, 0.05) is 21.7 Å². The average Bonchev–Trinajstić information content (AvgIpc) is 2.10. The van der Waals surface area contributed by atoms with Crippen LogP contribution in [0.4, 0.5) is 0 Å². The first-order chi connectivity index (χ1) is 9.38. The molecule has 0 aliphatic carbocycles. The van der Waals surface area contributed by atoms with E-state index in [-0.39, 0.29) is 75.7 Å². The van der Waals surface area contributed by atoms with Crippen molar-refractivity contribution in [2.24, 2.45) is 0 Å². The Balaban J connectivity index is -0.000000108. The van der Waals surface area contributed by atoms with Gasteiger partial charge >= 0.3 is 0 Å². The average molecular weight is 348 g/mol. The van der Waals surface area contributed by atoms with E-state index in [9.17, 15) is 28.8 Å². The third kappa shape index (κ3) is 51.1. The van der Waals surface area contributed by atoms with Crippen molar-refractivity contribution >= 4 is 34.7 Å². The first kappa shape index (κ1) is 28.8. The van der Waals surface area contributed by atoms with Gasteiger partial charge < -0.3 is 0 Å². The van der Waals surface area contributed by atoms with Crippen molar-refractivity contribution in [2.75, 3.05) is 0 Å². The summed E-state index contributed by atoms with van der Waals surface area (Å²) in [5.74, 6) is -0.375. The molecule has 0 N–H and O–H groups in total. The number of Topliss-reactive ketones (excluding diaryl/α,β-unsaturated/α-hetero) is 6. The van der Waals surface area contributed by atoms with E-state index in [4.69, 9.17) is 0 Å². The number of carbonyl (C=O) groups is 6. The number of ketones is 6. The second-order valence-electron chi connectivity index (χ2n) is 4.74. The summed E-state index contributed by atoms with van der Waals surface area (Å²) >= 11 is 0. The van der Waals surface area contributed by atoms with Gasteiger partial charge in [0.05, 0.1) is 19.3 Å². The SMILES string of the molecule is CC(=O)CC(C)=O.CC(=O)CC(C)=O.CC(=O)CC(C)=O.[Ti]. The third-order valence-electron chi connectivity index (χ3n) is 1.49. The maximum absolute atomic E-state index is 10.0. The quantitative estimate of drug-likeness (QED) is 0.534. The molecule has 0 fully saturated rings. The van der Waals surface area contributed by atoms with Gasteiger partial charge in [-0.15, -0.1) is 0 Å². The van der Waals surface area contributed by atoms with Crippen LogP contribution < -0.4 is 0 Å². The van der Waals surface area contributed by atoms with E-state index in [2.05, 4.69) is 0 Å². The molecule has 0 aliphatic heterocycles. The standard InChI is InChI=1S/3C5H8O2.Ti/c3*1-4(6)3-5(2)7;/h3*3H2,1-2H3;. The van der Waals surface area contributed by atoms with Gasteiger partial charge in [0.15, 0.2) is 0 Å². The molecule has 0 saturated heterocycles. The van der Waals surface area contributed by atoms with Crippen LogP contribution in [0, 0.1) is 0 Å². The smallest absolute Gasteiger partial charge is 0.137 e. The van der Waals surface area contributed by atoms with Crippen molar-refractivity contribution in [1.82, 2.24) is 0 Å². The summed E-state index contributed by atoms with van der Waals surface area (Å²) < 4.78 is 0. The van der Waals surface area contributed by atoms with Gasteiger partial charge in [-0.1, -0.05) is 0 Å². The summed E-state index contributed by atoms with van der Waals surface area (Å²) in [5, 5.41) is 0. The molecule has 0 heterocycles. The largest absolute Gasteiger partial charge is 0.300 e. The van der Waals surface area contributed by atoms with Gasteiger partial charge in [0.1, 0.15) is 34.7 Å². The monoisotopic (exact) mass is 348 g/mol. The molecule has 6 nitrogen and oxygen atoms in total. The molecule has 7 heteroatoms. The van der Waals surface area contributed by atoms with Gasteiger partial charge in [-0.05, 0) is 41.5 Å². The van der Waals surface area contributed by atoms with E-state index in [1.807, 2.05) is 0 Å². The summed E-state index contributed by atoms with van der Waals surface area (Å²) in [6.07, 6.45) is 0.250. The first-order valence-corrected chi connectivity index (χ1v) is 6.35. The minimum Gasteiger partial charge on any atom is -0.300 e.